The first-order chi connectivity index (χ1) is 8.52. The summed E-state index contributed by atoms with van der Waals surface area (Å²) in [6.07, 6.45) is -0.0876. The van der Waals surface area contributed by atoms with Crippen LogP contribution in [0.3, 0.4) is 0 Å². The number of aliphatic hydroxyl groups is 1. The van der Waals surface area contributed by atoms with Crippen LogP contribution in [0.15, 0.2) is 11.0 Å². The van der Waals surface area contributed by atoms with Crippen molar-refractivity contribution in [3.63, 3.8) is 0 Å². The number of anilines is 1. The van der Waals surface area contributed by atoms with Gasteiger partial charge in [-0.2, -0.15) is 4.98 Å². The number of aromatic nitrogens is 4. The van der Waals surface area contributed by atoms with Crippen molar-refractivity contribution >= 4 is 17.1 Å². The van der Waals surface area contributed by atoms with Crippen LogP contribution in [-0.4, -0.2) is 38.3 Å². The molecule has 2 rings (SSSR count). The average molecular weight is 251 g/mol. The maximum absolute atomic E-state index is 11.6. The third-order valence-electron chi connectivity index (χ3n) is 2.57. The summed E-state index contributed by atoms with van der Waals surface area (Å²) in [5, 5.41) is 9.91. The number of nitrogens with one attached hydrogen (secondary N) is 1. The van der Waals surface area contributed by atoms with Crippen LogP contribution in [0.4, 0.5) is 5.95 Å². The first-order valence-corrected chi connectivity index (χ1v) is 5.26. The van der Waals surface area contributed by atoms with Gasteiger partial charge in [-0.1, -0.05) is 0 Å². The molecule has 4 N–H and O–H groups in total. The van der Waals surface area contributed by atoms with Crippen molar-refractivity contribution in [1.82, 2.24) is 19.9 Å². The Hall–Kier alpha value is -2.06. The SMILES string of the molecule is COC(C)C(O)c1cnc2nc(N)[nH]c(=O)c2n1. The normalized spacial score (nSPS) is 14.6. The molecule has 0 saturated carbocycles. The summed E-state index contributed by atoms with van der Waals surface area (Å²) in [4.78, 5) is 25.8. The van der Waals surface area contributed by atoms with Crippen molar-refractivity contribution in [3.8, 4) is 0 Å². The van der Waals surface area contributed by atoms with E-state index in [0.717, 1.165) is 0 Å². The number of aromatic amines is 1. The van der Waals surface area contributed by atoms with E-state index >= 15 is 0 Å². The molecule has 0 aliphatic heterocycles. The molecule has 0 aliphatic carbocycles. The number of methoxy groups -OCH3 is 1. The van der Waals surface area contributed by atoms with Gasteiger partial charge in [-0.15, -0.1) is 0 Å². The number of H-pyrrole nitrogens is 1. The van der Waals surface area contributed by atoms with Crippen LogP contribution in [0.1, 0.15) is 18.7 Å². The second-order valence-corrected chi connectivity index (χ2v) is 3.80. The predicted molar refractivity (Wildman–Crippen MR) is 63.8 cm³/mol. The fourth-order valence-corrected chi connectivity index (χ4v) is 1.46. The summed E-state index contributed by atoms with van der Waals surface area (Å²) in [5.74, 6) is -0.0274. The van der Waals surface area contributed by atoms with Crippen molar-refractivity contribution in [2.45, 2.75) is 19.1 Å². The molecule has 0 bridgehead atoms. The summed E-state index contributed by atoms with van der Waals surface area (Å²) in [7, 11) is 1.47. The van der Waals surface area contributed by atoms with Crippen LogP contribution in [0.25, 0.3) is 11.2 Å². The van der Waals surface area contributed by atoms with Gasteiger partial charge in [0.2, 0.25) is 5.95 Å². The fourth-order valence-electron chi connectivity index (χ4n) is 1.46. The van der Waals surface area contributed by atoms with E-state index < -0.39 is 17.8 Å². The second-order valence-electron chi connectivity index (χ2n) is 3.80. The lowest BCUT2D eigenvalue weighted by molar-refractivity contribution is -0.00361. The largest absolute Gasteiger partial charge is 0.384 e. The topological polar surface area (TPSA) is 127 Å². The van der Waals surface area contributed by atoms with Gasteiger partial charge >= 0.3 is 0 Å². The van der Waals surface area contributed by atoms with Gasteiger partial charge in [0.1, 0.15) is 6.10 Å². The molecular formula is C10H13N5O3. The minimum Gasteiger partial charge on any atom is -0.384 e. The van der Waals surface area contributed by atoms with Crippen LogP contribution in [-0.2, 0) is 4.74 Å². The monoisotopic (exact) mass is 251 g/mol. The van der Waals surface area contributed by atoms with Crippen LogP contribution in [0.5, 0.6) is 0 Å². The molecule has 18 heavy (non-hydrogen) atoms. The van der Waals surface area contributed by atoms with Crippen LogP contribution in [0, 0.1) is 0 Å². The summed E-state index contributed by atoms with van der Waals surface area (Å²) < 4.78 is 4.99. The molecule has 2 aromatic heterocycles. The summed E-state index contributed by atoms with van der Waals surface area (Å²) in [6.45, 7) is 1.68. The molecule has 0 aromatic carbocycles. The third kappa shape index (κ3) is 2.15. The standard InChI is InChI=1S/C10H13N5O3/c1-4(18-2)7(16)5-3-12-8-6(13-5)9(17)15-10(11)14-8/h3-4,7,16H,1-2H3,(H3,11,12,14,15,17). The van der Waals surface area contributed by atoms with Gasteiger partial charge in [0, 0.05) is 7.11 Å². The summed E-state index contributed by atoms with van der Waals surface area (Å²) >= 11 is 0. The molecule has 0 spiro atoms. The fraction of sp³-hybridized carbons (Fsp3) is 0.400. The molecular weight excluding hydrogens is 238 g/mol. The van der Waals surface area contributed by atoms with Gasteiger partial charge in [0.05, 0.1) is 18.0 Å². The minimum atomic E-state index is -0.969. The Bertz CT molecular complexity index is 626. The Morgan fingerprint density at radius 3 is 2.89 bits per heavy atom. The van der Waals surface area contributed by atoms with Crippen molar-refractivity contribution in [1.29, 1.82) is 0 Å². The summed E-state index contributed by atoms with van der Waals surface area (Å²) in [5.41, 5.74) is 5.30. The quantitative estimate of drug-likeness (QED) is 0.662. The van der Waals surface area contributed by atoms with E-state index in [1.54, 1.807) is 6.92 Å². The highest BCUT2D eigenvalue weighted by Gasteiger charge is 2.19. The zero-order chi connectivity index (χ0) is 13.3. The number of rotatable bonds is 3. The second kappa shape index (κ2) is 4.67. The molecule has 0 fully saturated rings. The highest BCUT2D eigenvalue weighted by molar-refractivity contribution is 5.69. The Morgan fingerprint density at radius 2 is 2.22 bits per heavy atom. The lowest BCUT2D eigenvalue weighted by Gasteiger charge is -2.16. The molecule has 2 unspecified atom stereocenters. The lowest BCUT2D eigenvalue weighted by atomic mass is 10.1. The molecule has 2 heterocycles. The maximum Gasteiger partial charge on any atom is 0.280 e. The number of nitrogens with zero attached hydrogens (tertiary/aromatic N) is 3. The summed E-state index contributed by atoms with van der Waals surface area (Å²) in [6, 6.07) is 0. The molecule has 2 aromatic rings. The predicted octanol–water partition coefficient (Wildman–Crippen LogP) is -0.636. The first-order valence-electron chi connectivity index (χ1n) is 5.26. The van der Waals surface area contributed by atoms with E-state index in [4.69, 9.17) is 10.5 Å². The number of ether oxygens (including phenoxy) is 1. The Kier molecular flexibility index (Phi) is 3.21. The number of aliphatic hydroxyl groups excluding tert-OH is 1. The van der Waals surface area contributed by atoms with E-state index in [-0.39, 0.29) is 22.8 Å². The van der Waals surface area contributed by atoms with Gasteiger partial charge in [0.25, 0.3) is 5.56 Å². The lowest BCUT2D eigenvalue weighted by Crippen LogP contribution is -2.20. The van der Waals surface area contributed by atoms with E-state index in [9.17, 15) is 9.90 Å². The Balaban J connectivity index is 2.54. The molecule has 96 valence electrons. The average Bonchev–Trinajstić information content (AvgIpc) is 2.36. The maximum atomic E-state index is 11.6. The van der Waals surface area contributed by atoms with E-state index in [2.05, 4.69) is 19.9 Å². The van der Waals surface area contributed by atoms with Crippen molar-refractivity contribution in [2.24, 2.45) is 0 Å². The van der Waals surface area contributed by atoms with Crippen molar-refractivity contribution in [3.05, 3.63) is 22.2 Å². The smallest absolute Gasteiger partial charge is 0.280 e. The van der Waals surface area contributed by atoms with E-state index in [1.165, 1.54) is 13.3 Å². The molecule has 0 amide bonds. The number of hydrogen-bond donors (Lipinski definition) is 3. The number of hydrogen-bond acceptors (Lipinski definition) is 7. The van der Waals surface area contributed by atoms with Gasteiger partial charge in [0.15, 0.2) is 11.2 Å². The van der Waals surface area contributed by atoms with Gasteiger partial charge in [-0.25, -0.2) is 9.97 Å². The Morgan fingerprint density at radius 1 is 1.50 bits per heavy atom. The van der Waals surface area contributed by atoms with Crippen molar-refractivity contribution in [2.75, 3.05) is 12.8 Å². The minimum absolute atomic E-state index is 0.0274. The van der Waals surface area contributed by atoms with Crippen LogP contribution < -0.4 is 11.3 Å². The van der Waals surface area contributed by atoms with Gasteiger partial charge in [-0.3, -0.25) is 9.78 Å². The highest BCUT2D eigenvalue weighted by Crippen LogP contribution is 2.16. The number of nitrogen functional groups attached to an aromatic ring is 1. The molecule has 8 heteroatoms. The molecule has 0 aliphatic rings. The first kappa shape index (κ1) is 12.4. The van der Waals surface area contributed by atoms with E-state index in [0.29, 0.717) is 0 Å². The zero-order valence-electron chi connectivity index (χ0n) is 9.91. The van der Waals surface area contributed by atoms with Crippen molar-refractivity contribution < 1.29 is 9.84 Å². The number of nitrogens with two attached hydrogens (primary N) is 1. The molecule has 8 nitrogen and oxygen atoms in total. The molecule has 0 radical (unpaired) electrons. The van der Waals surface area contributed by atoms with Crippen LogP contribution in [0.2, 0.25) is 0 Å². The zero-order valence-corrected chi connectivity index (χ0v) is 9.91. The molecule has 2 atom stereocenters. The van der Waals surface area contributed by atoms with Gasteiger partial charge < -0.3 is 15.6 Å². The van der Waals surface area contributed by atoms with Crippen LogP contribution >= 0.6 is 0 Å². The molecule has 0 saturated heterocycles. The highest BCUT2D eigenvalue weighted by atomic mass is 16.5. The van der Waals surface area contributed by atoms with E-state index in [1.807, 2.05) is 0 Å². The van der Waals surface area contributed by atoms with Gasteiger partial charge in [-0.05, 0) is 6.92 Å². The Labute approximate surface area is 102 Å². The number of fused-ring (bicyclic) bond motifs is 1. The third-order valence-corrected chi connectivity index (χ3v) is 2.57.